The van der Waals surface area contributed by atoms with E-state index in [9.17, 15) is 19.8 Å². The van der Waals surface area contributed by atoms with Gasteiger partial charge in [-0.2, -0.15) is 0 Å². The summed E-state index contributed by atoms with van der Waals surface area (Å²) in [6, 6.07) is -0.540. The Hall–Kier alpha value is -1.66. The van der Waals surface area contributed by atoms with Crippen molar-refractivity contribution in [1.29, 1.82) is 0 Å². The van der Waals surface area contributed by atoms with E-state index in [0.29, 0.717) is 25.9 Å². The van der Waals surface area contributed by atoms with Crippen molar-refractivity contribution >= 4 is 11.9 Å². The van der Waals surface area contributed by atoms with Crippen molar-refractivity contribution in [2.75, 3.05) is 13.2 Å². The summed E-state index contributed by atoms with van der Waals surface area (Å²) in [7, 11) is 0. The van der Waals surface area contributed by atoms with Crippen LogP contribution in [0, 0.1) is 0 Å². The van der Waals surface area contributed by atoms with Crippen LogP contribution in [-0.4, -0.2) is 47.4 Å². The Bertz CT molecular complexity index is 1270. The lowest BCUT2D eigenvalue weighted by molar-refractivity contribution is -0.143. The molecule has 0 radical (unpaired) electrons. The molecule has 0 aromatic rings. The fourth-order valence-corrected chi connectivity index (χ4v) is 11.9. The summed E-state index contributed by atoms with van der Waals surface area (Å²) in [6.45, 7) is 4.97. The van der Waals surface area contributed by atoms with Gasteiger partial charge in [-0.3, -0.25) is 9.59 Å². The number of allylic oxidation sites excluding steroid dienone is 4. The van der Waals surface area contributed by atoms with Crippen LogP contribution in [0.25, 0.3) is 0 Å². The lowest BCUT2D eigenvalue weighted by atomic mass is 10.0. The molecule has 0 aliphatic carbocycles. The van der Waals surface area contributed by atoms with Gasteiger partial charge in [0.15, 0.2) is 0 Å². The smallest absolute Gasteiger partial charge is 0.305 e. The predicted molar refractivity (Wildman–Crippen MR) is 356 cm³/mol. The van der Waals surface area contributed by atoms with E-state index in [1.165, 1.54) is 334 Å². The standard InChI is InChI=1S/C75H145NO5/c1-3-5-7-9-11-13-15-17-19-21-22-33-36-39-43-47-51-55-59-63-67-73(78)72(71-77)76-74(79)68-64-60-56-52-48-44-40-37-34-31-29-27-25-23-24-26-28-30-32-35-38-42-46-50-54-58-62-66-70-81-75(80)69-65-61-57-53-49-45-41-20-18-16-14-12-10-8-6-4-2/h14,16,20,41,72-73,77-78H,3-13,15,17-19,21-40,42-71H2,1-2H3,(H,76,79)/b16-14-,41-20-. The van der Waals surface area contributed by atoms with Gasteiger partial charge in [-0.05, 0) is 57.8 Å². The van der Waals surface area contributed by atoms with E-state index in [4.69, 9.17) is 4.74 Å². The van der Waals surface area contributed by atoms with Crippen LogP contribution in [0.5, 0.6) is 0 Å². The van der Waals surface area contributed by atoms with Crippen LogP contribution in [0.2, 0.25) is 0 Å². The van der Waals surface area contributed by atoms with Crippen LogP contribution < -0.4 is 5.32 Å². The molecule has 1 amide bonds. The molecular formula is C75H145NO5. The molecule has 0 aliphatic rings. The van der Waals surface area contributed by atoms with Crippen LogP contribution in [0.3, 0.4) is 0 Å². The number of esters is 1. The number of unbranched alkanes of at least 4 members (excludes halogenated alkanes) is 55. The molecule has 0 aliphatic heterocycles. The maximum atomic E-state index is 12.6. The zero-order valence-corrected chi connectivity index (χ0v) is 55.0. The molecule has 0 saturated carbocycles. The first-order valence-electron chi connectivity index (χ1n) is 37.1. The number of amides is 1. The number of hydrogen-bond acceptors (Lipinski definition) is 5. The van der Waals surface area contributed by atoms with E-state index in [1.54, 1.807) is 0 Å². The molecule has 0 aromatic carbocycles. The molecule has 81 heavy (non-hydrogen) atoms. The van der Waals surface area contributed by atoms with Crippen molar-refractivity contribution in [3.05, 3.63) is 24.3 Å². The summed E-state index contributed by atoms with van der Waals surface area (Å²) < 4.78 is 5.49. The topological polar surface area (TPSA) is 95.9 Å². The van der Waals surface area contributed by atoms with Gasteiger partial charge in [0.1, 0.15) is 0 Å². The average molecular weight is 1140 g/mol. The number of carbonyl (C=O) groups excluding carboxylic acids is 2. The van der Waals surface area contributed by atoms with Crippen LogP contribution in [0.1, 0.15) is 418 Å². The molecule has 0 bridgehead atoms. The summed E-state index contributed by atoms with van der Waals surface area (Å²) in [4.78, 5) is 24.6. The van der Waals surface area contributed by atoms with E-state index >= 15 is 0 Å². The van der Waals surface area contributed by atoms with Gasteiger partial charge in [-0.25, -0.2) is 0 Å². The molecule has 6 heteroatoms. The second-order valence-corrected chi connectivity index (χ2v) is 25.6. The first-order chi connectivity index (χ1) is 40.0. The highest BCUT2D eigenvalue weighted by atomic mass is 16.5. The Kier molecular flexibility index (Phi) is 69.4. The molecule has 0 heterocycles. The molecule has 0 fully saturated rings. The maximum Gasteiger partial charge on any atom is 0.305 e. The second kappa shape index (κ2) is 70.8. The number of ether oxygens (including phenoxy) is 1. The first kappa shape index (κ1) is 79.3. The fraction of sp³-hybridized carbons (Fsp3) is 0.920. The Morgan fingerprint density at radius 1 is 0.346 bits per heavy atom. The van der Waals surface area contributed by atoms with E-state index in [1.807, 2.05) is 0 Å². The van der Waals surface area contributed by atoms with Crippen molar-refractivity contribution in [3.8, 4) is 0 Å². The third-order valence-electron chi connectivity index (χ3n) is 17.5. The van der Waals surface area contributed by atoms with Gasteiger partial charge < -0.3 is 20.3 Å². The maximum absolute atomic E-state index is 12.6. The third kappa shape index (κ3) is 67.3. The van der Waals surface area contributed by atoms with E-state index < -0.39 is 12.1 Å². The van der Waals surface area contributed by atoms with Crippen molar-refractivity contribution in [1.82, 2.24) is 5.32 Å². The summed E-state index contributed by atoms with van der Waals surface area (Å²) in [5, 5.41) is 23.4. The predicted octanol–water partition coefficient (Wildman–Crippen LogP) is 24.1. The number of hydrogen-bond donors (Lipinski definition) is 3. The molecule has 0 aromatic heterocycles. The normalized spacial score (nSPS) is 12.6. The Morgan fingerprint density at radius 3 is 0.951 bits per heavy atom. The first-order valence-corrected chi connectivity index (χ1v) is 37.1. The SMILES string of the molecule is CCCCCC/C=C\C/C=C\CCCCCCCC(=O)OCCCCCCCCCCCCCCCCCCCCCCCCCCCCCCC(=O)NC(CO)C(O)CCCCCCCCCCCCCCCCCCCCCC. The molecule has 3 N–H and O–H groups in total. The van der Waals surface area contributed by atoms with Gasteiger partial charge in [0.25, 0.3) is 0 Å². The van der Waals surface area contributed by atoms with Gasteiger partial charge in [-0.15, -0.1) is 0 Å². The lowest BCUT2D eigenvalue weighted by Gasteiger charge is -2.22. The second-order valence-electron chi connectivity index (χ2n) is 25.6. The summed E-state index contributed by atoms with van der Waals surface area (Å²) >= 11 is 0. The Labute approximate surface area is 507 Å². The monoisotopic (exact) mass is 1140 g/mol. The molecule has 0 spiro atoms. The number of aliphatic hydroxyl groups excluding tert-OH is 2. The third-order valence-corrected chi connectivity index (χ3v) is 17.5. The number of rotatable bonds is 70. The highest BCUT2D eigenvalue weighted by Gasteiger charge is 2.20. The molecule has 6 nitrogen and oxygen atoms in total. The van der Waals surface area contributed by atoms with E-state index in [-0.39, 0.29) is 18.5 Å². The Morgan fingerprint density at radius 2 is 0.617 bits per heavy atom. The molecule has 2 atom stereocenters. The van der Waals surface area contributed by atoms with Gasteiger partial charge >= 0.3 is 5.97 Å². The number of aliphatic hydroxyl groups is 2. The molecule has 2 unspecified atom stereocenters. The number of carbonyl (C=O) groups is 2. The summed E-state index contributed by atoms with van der Waals surface area (Å²) in [5.74, 6) is -0.0211. The fourth-order valence-electron chi connectivity index (χ4n) is 11.9. The average Bonchev–Trinajstić information content (AvgIpc) is 3.47. The molecular weight excluding hydrogens is 995 g/mol. The van der Waals surface area contributed by atoms with Gasteiger partial charge in [0.2, 0.25) is 5.91 Å². The van der Waals surface area contributed by atoms with E-state index in [0.717, 1.165) is 51.4 Å². The zero-order valence-electron chi connectivity index (χ0n) is 55.0. The minimum atomic E-state index is -0.663. The molecule has 0 rings (SSSR count). The van der Waals surface area contributed by atoms with Gasteiger partial charge in [0, 0.05) is 12.8 Å². The quantitative estimate of drug-likeness (QED) is 0.0320. The number of nitrogens with one attached hydrogen (secondary N) is 1. The lowest BCUT2D eigenvalue weighted by Crippen LogP contribution is -2.45. The van der Waals surface area contributed by atoms with Crippen LogP contribution in [0.15, 0.2) is 24.3 Å². The van der Waals surface area contributed by atoms with Gasteiger partial charge in [0.05, 0.1) is 25.4 Å². The van der Waals surface area contributed by atoms with Crippen molar-refractivity contribution in [2.45, 2.75) is 431 Å². The highest BCUT2D eigenvalue weighted by Crippen LogP contribution is 2.20. The molecule has 480 valence electrons. The zero-order chi connectivity index (χ0) is 58.5. The van der Waals surface area contributed by atoms with E-state index in [2.05, 4.69) is 43.5 Å². The van der Waals surface area contributed by atoms with Gasteiger partial charge in [-0.1, -0.05) is 372 Å². The highest BCUT2D eigenvalue weighted by molar-refractivity contribution is 5.76. The largest absolute Gasteiger partial charge is 0.466 e. The van der Waals surface area contributed by atoms with Crippen LogP contribution >= 0.6 is 0 Å². The summed E-state index contributed by atoms with van der Waals surface area (Å²) in [5.41, 5.74) is 0. The van der Waals surface area contributed by atoms with Crippen molar-refractivity contribution in [2.24, 2.45) is 0 Å². The van der Waals surface area contributed by atoms with Crippen molar-refractivity contribution in [3.63, 3.8) is 0 Å². The minimum absolute atomic E-state index is 0.00621. The van der Waals surface area contributed by atoms with Crippen LogP contribution in [-0.2, 0) is 14.3 Å². The molecule has 0 saturated heterocycles. The van der Waals surface area contributed by atoms with Crippen LogP contribution in [0.4, 0.5) is 0 Å². The Balaban J connectivity index is 3.35. The summed E-state index contributed by atoms with van der Waals surface area (Å²) in [6.07, 6.45) is 89.5. The van der Waals surface area contributed by atoms with Crippen molar-refractivity contribution < 1.29 is 24.5 Å². The minimum Gasteiger partial charge on any atom is -0.466 e.